The quantitative estimate of drug-likeness (QED) is 0.775. The molecule has 0 radical (unpaired) electrons. The van der Waals surface area contributed by atoms with Crippen LogP contribution in [0.2, 0.25) is 0 Å². The first-order chi connectivity index (χ1) is 8.01. The molecule has 1 N–H and O–H groups in total. The second kappa shape index (κ2) is 5.22. The van der Waals surface area contributed by atoms with Crippen LogP contribution < -0.4 is 5.32 Å². The van der Waals surface area contributed by atoms with Crippen molar-refractivity contribution in [3.05, 3.63) is 0 Å². The van der Waals surface area contributed by atoms with E-state index in [0.29, 0.717) is 25.6 Å². The summed E-state index contributed by atoms with van der Waals surface area (Å²) >= 11 is 0. The molecule has 2 aliphatic rings. The van der Waals surface area contributed by atoms with Gasteiger partial charge in [0.2, 0.25) is 0 Å². The van der Waals surface area contributed by atoms with Crippen LogP contribution in [0.25, 0.3) is 0 Å². The summed E-state index contributed by atoms with van der Waals surface area (Å²) in [5.74, 6) is 0.483. The van der Waals surface area contributed by atoms with Gasteiger partial charge < -0.3 is 5.32 Å². The van der Waals surface area contributed by atoms with Gasteiger partial charge in [-0.3, -0.25) is 0 Å². The lowest BCUT2D eigenvalue weighted by Crippen LogP contribution is -2.57. The second-order valence-electron chi connectivity index (χ2n) is 5.28. The fraction of sp³-hybridized carbons (Fsp3) is 1.00. The molecule has 2 heterocycles. The summed E-state index contributed by atoms with van der Waals surface area (Å²) < 4.78 is 28.4. The second-order valence-corrected chi connectivity index (χ2v) is 7.16. The van der Waals surface area contributed by atoms with Crippen molar-refractivity contribution in [2.24, 2.45) is 5.92 Å². The Labute approximate surface area is 104 Å². The van der Waals surface area contributed by atoms with E-state index in [2.05, 4.69) is 12.2 Å². The fourth-order valence-electron chi connectivity index (χ4n) is 2.67. The van der Waals surface area contributed by atoms with Gasteiger partial charge in [0.1, 0.15) is 0 Å². The largest absolute Gasteiger partial charge is 0.314 e. The van der Waals surface area contributed by atoms with Crippen LogP contribution in [0.3, 0.4) is 0 Å². The van der Waals surface area contributed by atoms with E-state index in [1.54, 1.807) is 8.61 Å². The monoisotopic (exact) mass is 261 g/mol. The van der Waals surface area contributed by atoms with Crippen molar-refractivity contribution in [2.75, 3.05) is 32.7 Å². The number of nitrogens with zero attached hydrogens (tertiary/aromatic N) is 2. The van der Waals surface area contributed by atoms with E-state index in [1.165, 1.54) is 0 Å². The highest BCUT2D eigenvalue weighted by molar-refractivity contribution is 7.86. The molecule has 0 aromatic rings. The van der Waals surface area contributed by atoms with Gasteiger partial charge in [0, 0.05) is 38.8 Å². The van der Waals surface area contributed by atoms with Crippen molar-refractivity contribution in [2.45, 2.75) is 32.7 Å². The standard InChI is InChI=1S/C11H23N3O2S/c1-10-4-3-6-13(9-10)17(15,16)14-7-5-12-8-11(14)2/h10-12H,3-9H2,1-2H3/t10-,11-/m0/s1. The lowest BCUT2D eigenvalue weighted by atomic mass is 10.0. The van der Waals surface area contributed by atoms with E-state index in [0.717, 1.165) is 25.9 Å². The van der Waals surface area contributed by atoms with Gasteiger partial charge in [0.15, 0.2) is 0 Å². The average molecular weight is 261 g/mol. The zero-order valence-corrected chi connectivity index (χ0v) is 11.5. The zero-order chi connectivity index (χ0) is 12.5. The van der Waals surface area contributed by atoms with Gasteiger partial charge in [-0.05, 0) is 25.7 Å². The summed E-state index contributed by atoms with van der Waals surface area (Å²) in [6, 6.07) is 0.0611. The van der Waals surface area contributed by atoms with Gasteiger partial charge in [-0.15, -0.1) is 0 Å². The van der Waals surface area contributed by atoms with E-state index in [1.807, 2.05) is 6.92 Å². The van der Waals surface area contributed by atoms with E-state index >= 15 is 0 Å². The molecular formula is C11H23N3O2S. The number of piperazine rings is 1. The molecule has 100 valence electrons. The van der Waals surface area contributed by atoms with Crippen LogP contribution in [-0.4, -0.2) is 55.8 Å². The Kier molecular flexibility index (Phi) is 4.07. The third-order valence-electron chi connectivity index (χ3n) is 3.68. The topological polar surface area (TPSA) is 52.7 Å². The number of piperidine rings is 1. The van der Waals surface area contributed by atoms with Crippen molar-refractivity contribution in [1.29, 1.82) is 0 Å². The van der Waals surface area contributed by atoms with Gasteiger partial charge in [0.25, 0.3) is 10.2 Å². The summed E-state index contributed by atoms with van der Waals surface area (Å²) in [5, 5.41) is 3.22. The Morgan fingerprint density at radius 2 is 2.00 bits per heavy atom. The number of hydrogen-bond donors (Lipinski definition) is 1. The molecule has 0 unspecified atom stereocenters. The van der Waals surface area contributed by atoms with Crippen LogP contribution in [0, 0.1) is 5.92 Å². The maximum atomic E-state index is 12.5. The molecule has 0 aliphatic carbocycles. The van der Waals surface area contributed by atoms with Crippen molar-refractivity contribution >= 4 is 10.2 Å². The minimum Gasteiger partial charge on any atom is -0.314 e. The molecule has 0 amide bonds. The van der Waals surface area contributed by atoms with Crippen LogP contribution in [0.15, 0.2) is 0 Å². The first kappa shape index (κ1) is 13.3. The summed E-state index contributed by atoms with van der Waals surface area (Å²) in [5.41, 5.74) is 0. The summed E-state index contributed by atoms with van der Waals surface area (Å²) in [7, 11) is -3.24. The highest BCUT2D eigenvalue weighted by Crippen LogP contribution is 2.22. The maximum absolute atomic E-state index is 12.5. The molecule has 2 atom stereocenters. The first-order valence-corrected chi connectivity index (χ1v) is 7.89. The normalized spacial score (nSPS) is 33.8. The molecule has 0 spiro atoms. The molecule has 2 saturated heterocycles. The van der Waals surface area contributed by atoms with Crippen molar-refractivity contribution in [1.82, 2.24) is 13.9 Å². The van der Waals surface area contributed by atoms with Crippen molar-refractivity contribution < 1.29 is 8.42 Å². The number of nitrogens with one attached hydrogen (secondary N) is 1. The molecule has 0 bridgehead atoms. The average Bonchev–Trinajstić information content (AvgIpc) is 2.29. The lowest BCUT2D eigenvalue weighted by Gasteiger charge is -2.39. The number of rotatable bonds is 2. The predicted molar refractivity (Wildman–Crippen MR) is 67.9 cm³/mol. The summed E-state index contributed by atoms with van der Waals surface area (Å²) in [6.45, 7) is 7.56. The lowest BCUT2D eigenvalue weighted by molar-refractivity contribution is 0.226. The van der Waals surface area contributed by atoms with Gasteiger partial charge in [0.05, 0.1) is 0 Å². The molecule has 0 aromatic carbocycles. The van der Waals surface area contributed by atoms with E-state index in [-0.39, 0.29) is 6.04 Å². The SMILES string of the molecule is C[C@H]1CCCN(S(=O)(=O)N2CCNC[C@@H]2C)C1. The maximum Gasteiger partial charge on any atom is 0.282 e. The van der Waals surface area contributed by atoms with E-state index in [4.69, 9.17) is 0 Å². The van der Waals surface area contributed by atoms with Crippen molar-refractivity contribution in [3.8, 4) is 0 Å². The molecule has 0 aromatic heterocycles. The number of hydrogen-bond acceptors (Lipinski definition) is 3. The third kappa shape index (κ3) is 2.81. The molecule has 0 saturated carbocycles. The van der Waals surface area contributed by atoms with Crippen LogP contribution in [-0.2, 0) is 10.2 Å². The Morgan fingerprint density at radius 3 is 2.65 bits per heavy atom. The van der Waals surface area contributed by atoms with E-state index in [9.17, 15) is 8.42 Å². The summed E-state index contributed by atoms with van der Waals surface area (Å²) in [6.07, 6.45) is 2.13. The Bertz CT molecular complexity index is 358. The molecule has 6 heteroatoms. The molecule has 2 rings (SSSR count). The molecule has 2 fully saturated rings. The van der Waals surface area contributed by atoms with Crippen LogP contribution in [0.4, 0.5) is 0 Å². The first-order valence-electron chi connectivity index (χ1n) is 6.49. The third-order valence-corrected chi connectivity index (χ3v) is 5.80. The van der Waals surface area contributed by atoms with Crippen molar-refractivity contribution in [3.63, 3.8) is 0 Å². The highest BCUT2D eigenvalue weighted by atomic mass is 32.2. The Balaban J connectivity index is 2.11. The highest BCUT2D eigenvalue weighted by Gasteiger charge is 2.36. The molecule has 2 aliphatic heterocycles. The predicted octanol–water partition coefficient (Wildman–Crippen LogP) is 0.257. The van der Waals surface area contributed by atoms with Crippen LogP contribution in [0.1, 0.15) is 26.7 Å². The minimum atomic E-state index is -3.24. The molecule has 17 heavy (non-hydrogen) atoms. The Morgan fingerprint density at radius 1 is 1.24 bits per heavy atom. The van der Waals surface area contributed by atoms with Crippen LogP contribution >= 0.6 is 0 Å². The molecule has 5 nitrogen and oxygen atoms in total. The fourth-order valence-corrected chi connectivity index (χ4v) is 4.62. The van der Waals surface area contributed by atoms with Gasteiger partial charge in [-0.1, -0.05) is 6.92 Å². The van der Waals surface area contributed by atoms with Gasteiger partial charge in [-0.25, -0.2) is 0 Å². The molecular weight excluding hydrogens is 238 g/mol. The zero-order valence-electron chi connectivity index (χ0n) is 10.7. The smallest absolute Gasteiger partial charge is 0.282 e. The summed E-state index contributed by atoms with van der Waals surface area (Å²) in [4.78, 5) is 0. The van der Waals surface area contributed by atoms with Gasteiger partial charge >= 0.3 is 0 Å². The minimum absolute atomic E-state index is 0.0611. The van der Waals surface area contributed by atoms with Gasteiger partial charge in [-0.2, -0.15) is 17.0 Å². The van der Waals surface area contributed by atoms with Crippen LogP contribution in [0.5, 0.6) is 0 Å². The van der Waals surface area contributed by atoms with E-state index < -0.39 is 10.2 Å². The Hall–Kier alpha value is -0.170.